The van der Waals surface area contributed by atoms with Crippen LogP contribution in [0, 0.1) is 5.92 Å². The van der Waals surface area contributed by atoms with Gasteiger partial charge in [0.25, 0.3) is 0 Å². The Morgan fingerprint density at radius 3 is 2.50 bits per heavy atom. The quantitative estimate of drug-likeness (QED) is 0.856. The smallest absolute Gasteiger partial charge is 0.410 e. The molecule has 0 saturated carbocycles. The summed E-state index contributed by atoms with van der Waals surface area (Å²) in [5.41, 5.74) is 0.956. The molecular weight excluding hydrogens is 304 g/mol. The molecule has 24 heavy (non-hydrogen) atoms. The first kappa shape index (κ1) is 16.8. The van der Waals surface area contributed by atoms with Gasteiger partial charge in [0.1, 0.15) is 12.6 Å². The number of nitrogens with zero attached hydrogens (tertiary/aromatic N) is 2. The van der Waals surface area contributed by atoms with Crippen LogP contribution >= 0.6 is 0 Å². The van der Waals surface area contributed by atoms with E-state index in [1.165, 1.54) is 0 Å². The van der Waals surface area contributed by atoms with E-state index in [4.69, 9.17) is 4.74 Å². The van der Waals surface area contributed by atoms with Gasteiger partial charge in [0.05, 0.1) is 0 Å². The molecule has 2 amide bonds. The SMILES string of the molecule is CC1CCN(C(=O)[C@H]2CCCN2C(=O)OCc2ccccc2)CC1. The van der Waals surface area contributed by atoms with Crippen LogP contribution < -0.4 is 0 Å². The monoisotopic (exact) mass is 330 g/mol. The molecule has 2 aliphatic heterocycles. The summed E-state index contributed by atoms with van der Waals surface area (Å²) >= 11 is 0. The maximum atomic E-state index is 12.8. The van der Waals surface area contributed by atoms with Crippen LogP contribution in [-0.4, -0.2) is 47.5 Å². The molecule has 2 heterocycles. The van der Waals surface area contributed by atoms with Gasteiger partial charge in [-0.05, 0) is 37.2 Å². The van der Waals surface area contributed by atoms with Gasteiger partial charge < -0.3 is 9.64 Å². The van der Waals surface area contributed by atoms with Gasteiger partial charge in [-0.2, -0.15) is 0 Å². The average molecular weight is 330 g/mol. The molecule has 0 radical (unpaired) electrons. The molecule has 0 N–H and O–H groups in total. The zero-order valence-corrected chi connectivity index (χ0v) is 14.3. The third-order valence-corrected chi connectivity index (χ3v) is 5.07. The molecule has 0 bridgehead atoms. The summed E-state index contributed by atoms with van der Waals surface area (Å²) in [5, 5.41) is 0. The molecule has 2 fully saturated rings. The van der Waals surface area contributed by atoms with Crippen molar-refractivity contribution >= 4 is 12.0 Å². The Kier molecular flexibility index (Phi) is 5.38. The Hall–Kier alpha value is -2.04. The maximum absolute atomic E-state index is 12.8. The molecule has 3 rings (SSSR count). The highest BCUT2D eigenvalue weighted by atomic mass is 16.6. The Balaban J connectivity index is 1.56. The molecule has 2 saturated heterocycles. The van der Waals surface area contributed by atoms with Crippen molar-refractivity contribution in [3.8, 4) is 0 Å². The minimum Gasteiger partial charge on any atom is -0.445 e. The number of benzene rings is 1. The van der Waals surface area contributed by atoms with Gasteiger partial charge >= 0.3 is 6.09 Å². The largest absolute Gasteiger partial charge is 0.445 e. The van der Waals surface area contributed by atoms with Gasteiger partial charge in [0.15, 0.2) is 0 Å². The molecule has 1 aromatic rings. The molecule has 130 valence electrons. The first-order valence-electron chi connectivity index (χ1n) is 8.91. The topological polar surface area (TPSA) is 49.9 Å². The number of carbonyl (C=O) groups excluding carboxylic acids is 2. The van der Waals surface area contributed by atoms with E-state index in [1.807, 2.05) is 35.2 Å². The van der Waals surface area contributed by atoms with Crippen molar-refractivity contribution in [3.63, 3.8) is 0 Å². The normalized spacial score (nSPS) is 21.8. The van der Waals surface area contributed by atoms with Crippen LogP contribution in [0.2, 0.25) is 0 Å². The van der Waals surface area contributed by atoms with Gasteiger partial charge in [-0.25, -0.2) is 4.79 Å². The summed E-state index contributed by atoms with van der Waals surface area (Å²) in [6, 6.07) is 9.27. The molecule has 0 aromatic heterocycles. The van der Waals surface area contributed by atoms with Gasteiger partial charge in [0, 0.05) is 19.6 Å². The lowest BCUT2D eigenvalue weighted by atomic mass is 9.98. The molecule has 5 nitrogen and oxygen atoms in total. The fraction of sp³-hybridized carbons (Fsp3) is 0.579. The number of amides is 2. The third kappa shape index (κ3) is 3.89. The Bertz CT molecular complexity index is 567. The molecule has 2 aliphatic rings. The fourth-order valence-corrected chi connectivity index (χ4v) is 3.48. The van der Waals surface area contributed by atoms with Crippen LogP contribution in [0.3, 0.4) is 0 Å². The van der Waals surface area contributed by atoms with Gasteiger partial charge in [-0.15, -0.1) is 0 Å². The van der Waals surface area contributed by atoms with E-state index in [-0.39, 0.29) is 24.6 Å². The summed E-state index contributed by atoms with van der Waals surface area (Å²) in [4.78, 5) is 28.7. The van der Waals surface area contributed by atoms with Gasteiger partial charge in [0.2, 0.25) is 5.91 Å². The minimum atomic E-state index is -0.375. The Morgan fingerprint density at radius 1 is 1.08 bits per heavy atom. The van der Waals surface area contributed by atoms with Crippen LogP contribution in [0.1, 0.15) is 38.2 Å². The summed E-state index contributed by atoms with van der Waals surface area (Å²) in [6.07, 6.45) is 3.33. The molecule has 5 heteroatoms. The van der Waals surface area contributed by atoms with Crippen LogP contribution in [0.15, 0.2) is 30.3 Å². The number of likely N-dealkylation sites (tertiary alicyclic amines) is 2. The molecule has 1 aromatic carbocycles. The summed E-state index contributed by atoms with van der Waals surface area (Å²) in [5.74, 6) is 0.778. The predicted molar refractivity (Wildman–Crippen MR) is 91.3 cm³/mol. The standard InChI is InChI=1S/C19H26N2O3/c1-15-9-12-20(13-10-15)18(22)17-8-5-11-21(17)19(23)24-14-16-6-3-2-4-7-16/h2-4,6-7,15,17H,5,8-14H2,1H3/t17-/m1/s1. The number of hydrogen-bond donors (Lipinski definition) is 0. The molecule has 0 spiro atoms. The molecular formula is C19H26N2O3. The van der Waals surface area contributed by atoms with Crippen molar-refractivity contribution in [3.05, 3.63) is 35.9 Å². The second-order valence-corrected chi connectivity index (χ2v) is 6.90. The van der Waals surface area contributed by atoms with Crippen molar-refractivity contribution in [2.24, 2.45) is 5.92 Å². The zero-order valence-electron chi connectivity index (χ0n) is 14.3. The van der Waals surface area contributed by atoms with Crippen LogP contribution in [0.4, 0.5) is 4.79 Å². The summed E-state index contributed by atoms with van der Waals surface area (Å²) in [6.45, 7) is 4.70. The van der Waals surface area contributed by atoms with E-state index in [0.717, 1.165) is 44.3 Å². The van der Waals surface area contributed by atoms with Crippen LogP contribution in [0.25, 0.3) is 0 Å². The average Bonchev–Trinajstić information content (AvgIpc) is 3.10. The van der Waals surface area contributed by atoms with Crippen LogP contribution in [0.5, 0.6) is 0 Å². The Labute approximate surface area is 143 Å². The van der Waals surface area contributed by atoms with E-state index in [9.17, 15) is 9.59 Å². The van der Waals surface area contributed by atoms with E-state index in [0.29, 0.717) is 12.5 Å². The number of rotatable bonds is 3. The van der Waals surface area contributed by atoms with E-state index < -0.39 is 0 Å². The lowest BCUT2D eigenvalue weighted by Gasteiger charge is -2.34. The first-order chi connectivity index (χ1) is 11.6. The lowest BCUT2D eigenvalue weighted by Crippen LogP contribution is -2.49. The summed E-state index contributed by atoms with van der Waals surface area (Å²) in [7, 11) is 0. The highest BCUT2D eigenvalue weighted by molar-refractivity contribution is 5.86. The first-order valence-corrected chi connectivity index (χ1v) is 8.91. The predicted octanol–water partition coefficient (Wildman–Crippen LogP) is 3.05. The van der Waals surface area contributed by atoms with Crippen molar-refractivity contribution in [1.82, 2.24) is 9.80 Å². The van der Waals surface area contributed by atoms with Crippen LogP contribution in [-0.2, 0) is 16.1 Å². The summed E-state index contributed by atoms with van der Waals surface area (Å²) < 4.78 is 5.41. The van der Waals surface area contributed by atoms with E-state index in [1.54, 1.807) is 4.90 Å². The highest BCUT2D eigenvalue weighted by Gasteiger charge is 2.38. The number of hydrogen-bond acceptors (Lipinski definition) is 3. The second kappa shape index (κ2) is 7.69. The van der Waals surface area contributed by atoms with Crippen molar-refractivity contribution in [2.75, 3.05) is 19.6 Å². The second-order valence-electron chi connectivity index (χ2n) is 6.90. The zero-order chi connectivity index (χ0) is 16.9. The molecule has 0 unspecified atom stereocenters. The fourth-order valence-electron chi connectivity index (χ4n) is 3.48. The molecule has 0 aliphatic carbocycles. The highest BCUT2D eigenvalue weighted by Crippen LogP contribution is 2.24. The van der Waals surface area contributed by atoms with E-state index in [2.05, 4.69) is 6.92 Å². The maximum Gasteiger partial charge on any atom is 0.410 e. The van der Waals surface area contributed by atoms with Crippen molar-refractivity contribution in [1.29, 1.82) is 0 Å². The van der Waals surface area contributed by atoms with Gasteiger partial charge in [-0.1, -0.05) is 37.3 Å². The van der Waals surface area contributed by atoms with Gasteiger partial charge in [-0.3, -0.25) is 9.69 Å². The number of ether oxygens (including phenoxy) is 1. The Morgan fingerprint density at radius 2 is 1.79 bits per heavy atom. The number of carbonyl (C=O) groups is 2. The third-order valence-electron chi connectivity index (χ3n) is 5.07. The molecule has 1 atom stereocenters. The number of piperidine rings is 1. The van der Waals surface area contributed by atoms with E-state index >= 15 is 0 Å². The van der Waals surface area contributed by atoms with Crippen molar-refractivity contribution < 1.29 is 14.3 Å². The lowest BCUT2D eigenvalue weighted by molar-refractivity contribution is -0.136. The van der Waals surface area contributed by atoms with Crippen molar-refractivity contribution in [2.45, 2.75) is 45.3 Å². The minimum absolute atomic E-state index is 0.0936.